The summed E-state index contributed by atoms with van der Waals surface area (Å²) in [5, 5.41) is 26.8. The maximum absolute atomic E-state index is 12.9. The first-order valence-corrected chi connectivity index (χ1v) is 18.6. The van der Waals surface area contributed by atoms with Gasteiger partial charge in [-0.15, -0.1) is 11.3 Å². The van der Waals surface area contributed by atoms with Crippen LogP contribution in [0.3, 0.4) is 0 Å². The average Bonchev–Trinajstić information content (AvgIpc) is 3.61. The zero-order chi connectivity index (χ0) is 33.1. The van der Waals surface area contributed by atoms with Gasteiger partial charge in [-0.3, -0.25) is 4.79 Å². The number of amides is 1. The fourth-order valence-electron chi connectivity index (χ4n) is 12.2. The van der Waals surface area contributed by atoms with Gasteiger partial charge >= 0.3 is 0 Å². The quantitative estimate of drug-likeness (QED) is 0.270. The van der Waals surface area contributed by atoms with Gasteiger partial charge in [-0.2, -0.15) is 0 Å². The van der Waals surface area contributed by atoms with Crippen LogP contribution >= 0.6 is 11.3 Å². The number of fused-ring (bicyclic) bond motifs is 6. The topological polar surface area (TPSA) is 118 Å². The molecule has 0 bridgehead atoms. The lowest BCUT2D eigenvalue weighted by Crippen LogP contribution is -2.66. The number of nitrogens with one attached hydrogen (secondary N) is 1. The Morgan fingerprint density at radius 2 is 1.73 bits per heavy atom. The van der Waals surface area contributed by atoms with Gasteiger partial charge in [-0.1, -0.05) is 48.5 Å². The van der Waals surface area contributed by atoms with Crippen molar-refractivity contribution in [3.63, 3.8) is 0 Å². The van der Waals surface area contributed by atoms with Crippen LogP contribution in [0.25, 0.3) is 0 Å². The number of aliphatic hydroxyl groups is 2. The Balaban J connectivity index is 1.30. The van der Waals surface area contributed by atoms with Crippen molar-refractivity contribution >= 4 is 22.4 Å². The molecule has 2 heterocycles. The highest BCUT2D eigenvalue weighted by Crippen LogP contribution is 2.76. The first kappa shape index (κ1) is 33.8. The number of nitrogens with zero attached hydrogens (tertiary/aromatic N) is 1. The zero-order valence-corrected chi connectivity index (χ0v) is 30.4. The summed E-state index contributed by atoms with van der Waals surface area (Å²) in [5.41, 5.74) is 6.16. The Hall–Kier alpha value is -1.06. The molecule has 5 aliphatic rings. The van der Waals surface area contributed by atoms with Crippen LogP contribution in [0, 0.1) is 45.8 Å². The van der Waals surface area contributed by atoms with Crippen LogP contribution in [0.4, 0.5) is 5.13 Å². The number of aliphatic hydroxyl groups excluding tert-OH is 1. The van der Waals surface area contributed by atoms with E-state index in [0.29, 0.717) is 29.3 Å². The predicted molar refractivity (Wildman–Crippen MR) is 181 cm³/mol. The number of hydrogen-bond acceptors (Lipinski definition) is 7. The molecule has 0 spiro atoms. The maximum atomic E-state index is 12.9. The molecule has 4 fully saturated rings. The van der Waals surface area contributed by atoms with Gasteiger partial charge in [-0.05, 0) is 124 Å². The van der Waals surface area contributed by atoms with Crippen molar-refractivity contribution in [2.75, 3.05) is 5.32 Å². The summed E-state index contributed by atoms with van der Waals surface area (Å²) in [5.74, 6) is 1.51. The lowest BCUT2D eigenvalue weighted by molar-refractivity contribution is -0.227. The highest BCUT2D eigenvalue weighted by atomic mass is 32.1. The standard InChI is InChI=1S/C37H61N3O4S/c1-20(2)17-22(38)30(42)40-31-39-29-24(45-31)19-34(7)25(32(29,3)4)12-15-35(8)26(34)18-23(41)28-21(11-14-36(28,35)9)37(10)16-13-27(44-37)33(5,6)43/h20-23,25-28,41,43H,11-19,38H2,1-10H3,(H,39,40,42)/t21-,22-,23+,25-,26+,27-,28-,34-,35+,36+,37-/m0/s1. The molecule has 7 nitrogen and oxygen atoms in total. The Bertz CT molecular complexity index is 1320. The van der Waals surface area contributed by atoms with Gasteiger partial charge in [0, 0.05) is 10.3 Å². The normalized spacial score (nSPS) is 44.6. The summed E-state index contributed by atoms with van der Waals surface area (Å²) in [6, 6.07) is -0.537. The molecular formula is C37H61N3O4S. The molecule has 0 radical (unpaired) electrons. The third-order valence-corrected chi connectivity index (χ3v) is 15.5. The summed E-state index contributed by atoms with van der Waals surface area (Å²) in [6.45, 7) is 22.5. The van der Waals surface area contributed by atoms with Gasteiger partial charge in [0.2, 0.25) is 5.91 Å². The largest absolute Gasteiger partial charge is 0.393 e. The van der Waals surface area contributed by atoms with Crippen LogP contribution in [0.5, 0.6) is 0 Å². The second-order valence-corrected chi connectivity index (χ2v) is 19.6. The van der Waals surface area contributed by atoms with Crippen LogP contribution in [-0.2, 0) is 21.4 Å². The number of nitrogens with two attached hydrogens (primary N) is 1. The second-order valence-electron chi connectivity index (χ2n) is 18.5. The van der Waals surface area contributed by atoms with Gasteiger partial charge in [-0.25, -0.2) is 4.98 Å². The number of carbonyl (C=O) groups is 1. The average molecular weight is 644 g/mol. The molecule has 0 aromatic carbocycles. The van der Waals surface area contributed by atoms with Crippen LogP contribution in [-0.4, -0.2) is 50.6 Å². The molecule has 6 rings (SSSR count). The van der Waals surface area contributed by atoms with Crippen molar-refractivity contribution in [3.05, 3.63) is 10.6 Å². The maximum Gasteiger partial charge on any atom is 0.243 e. The summed E-state index contributed by atoms with van der Waals surface area (Å²) >= 11 is 1.63. The summed E-state index contributed by atoms with van der Waals surface area (Å²) in [7, 11) is 0. The van der Waals surface area contributed by atoms with E-state index in [1.165, 1.54) is 4.88 Å². The molecule has 254 valence electrons. The summed E-state index contributed by atoms with van der Waals surface area (Å²) < 4.78 is 6.74. The molecule has 3 saturated carbocycles. The van der Waals surface area contributed by atoms with E-state index >= 15 is 0 Å². The van der Waals surface area contributed by atoms with Gasteiger partial charge in [0.05, 0.1) is 35.1 Å². The Kier molecular flexibility index (Phi) is 8.06. The van der Waals surface area contributed by atoms with E-state index in [1.807, 2.05) is 13.8 Å². The molecule has 45 heavy (non-hydrogen) atoms. The minimum absolute atomic E-state index is 0.0109. The van der Waals surface area contributed by atoms with Crippen molar-refractivity contribution in [1.82, 2.24) is 4.98 Å². The molecule has 1 amide bonds. The van der Waals surface area contributed by atoms with E-state index in [-0.39, 0.29) is 57.2 Å². The molecule has 8 heteroatoms. The highest BCUT2D eigenvalue weighted by Gasteiger charge is 2.72. The molecular weight excluding hydrogens is 582 g/mol. The first-order chi connectivity index (χ1) is 20.7. The molecule has 4 aliphatic carbocycles. The van der Waals surface area contributed by atoms with Gasteiger partial charge in [0.1, 0.15) is 0 Å². The number of aromatic nitrogens is 1. The minimum atomic E-state index is -0.860. The van der Waals surface area contributed by atoms with E-state index in [9.17, 15) is 15.0 Å². The lowest BCUT2D eigenvalue weighted by Gasteiger charge is -2.69. The monoisotopic (exact) mass is 643 g/mol. The highest BCUT2D eigenvalue weighted by molar-refractivity contribution is 7.15. The number of anilines is 1. The van der Waals surface area contributed by atoms with Gasteiger partial charge < -0.3 is 26.0 Å². The Morgan fingerprint density at radius 3 is 2.36 bits per heavy atom. The Labute approximate surface area is 275 Å². The van der Waals surface area contributed by atoms with E-state index in [0.717, 1.165) is 57.1 Å². The Morgan fingerprint density at radius 1 is 1.07 bits per heavy atom. The van der Waals surface area contributed by atoms with Crippen LogP contribution in [0.1, 0.15) is 131 Å². The number of hydrogen-bond donors (Lipinski definition) is 4. The molecule has 1 aromatic heterocycles. The number of thiazole rings is 1. The lowest BCUT2D eigenvalue weighted by atomic mass is 9.35. The van der Waals surface area contributed by atoms with Crippen LogP contribution in [0.15, 0.2) is 0 Å². The van der Waals surface area contributed by atoms with Crippen molar-refractivity contribution in [2.45, 2.75) is 162 Å². The molecule has 0 unspecified atom stereocenters. The number of ether oxygens (including phenoxy) is 1. The fourth-order valence-corrected chi connectivity index (χ4v) is 13.5. The van der Waals surface area contributed by atoms with Crippen molar-refractivity contribution in [3.8, 4) is 0 Å². The summed E-state index contributed by atoms with van der Waals surface area (Å²) in [6.07, 6.45) is 8.17. The predicted octanol–water partition coefficient (Wildman–Crippen LogP) is 6.83. The number of rotatable bonds is 6. The molecule has 1 aliphatic heterocycles. The molecule has 1 saturated heterocycles. The number of carbonyl (C=O) groups excluding carboxylic acids is 1. The van der Waals surface area contributed by atoms with Crippen molar-refractivity contribution < 1.29 is 19.7 Å². The van der Waals surface area contributed by atoms with E-state index in [2.05, 4.69) is 60.7 Å². The first-order valence-electron chi connectivity index (χ1n) is 17.8. The third-order valence-electron chi connectivity index (χ3n) is 14.6. The SMILES string of the molecule is CC(C)C[C@H](N)C(=O)Nc1nc2c(s1)C[C@]1(C)[C@H]3C[C@@H](O)[C@@H]4[C@@H]([C@]5(C)CC[C@@H](C(C)(C)O)O5)CC[C@@]4(C)[C@]3(C)CC[C@H]1C2(C)C. The zero-order valence-electron chi connectivity index (χ0n) is 29.6. The second kappa shape index (κ2) is 10.7. The van der Waals surface area contributed by atoms with Gasteiger partial charge in [0.25, 0.3) is 0 Å². The van der Waals surface area contributed by atoms with Gasteiger partial charge in [0.15, 0.2) is 5.13 Å². The molecule has 11 atom stereocenters. The van der Waals surface area contributed by atoms with Crippen LogP contribution < -0.4 is 11.1 Å². The molecule has 1 aromatic rings. The van der Waals surface area contributed by atoms with E-state index in [4.69, 9.17) is 15.5 Å². The third kappa shape index (κ3) is 5.00. The van der Waals surface area contributed by atoms with Crippen LogP contribution in [0.2, 0.25) is 0 Å². The van der Waals surface area contributed by atoms with Crippen molar-refractivity contribution in [2.24, 2.45) is 51.6 Å². The molecule has 5 N–H and O–H groups in total. The fraction of sp³-hybridized carbons (Fsp3) is 0.892. The van der Waals surface area contributed by atoms with E-state index in [1.54, 1.807) is 11.3 Å². The van der Waals surface area contributed by atoms with Crippen molar-refractivity contribution in [1.29, 1.82) is 0 Å². The minimum Gasteiger partial charge on any atom is -0.393 e. The smallest absolute Gasteiger partial charge is 0.243 e. The van der Waals surface area contributed by atoms with E-state index < -0.39 is 11.6 Å². The summed E-state index contributed by atoms with van der Waals surface area (Å²) in [4.78, 5) is 19.3.